The largest absolute Gasteiger partial charge is 0.366 e. The first kappa shape index (κ1) is 13.8. The number of likely N-dealkylation sites (tertiary alicyclic amines) is 1. The molecule has 2 aromatic carbocycles. The van der Waals surface area contributed by atoms with Gasteiger partial charge in [0.15, 0.2) is 0 Å². The van der Waals surface area contributed by atoms with Gasteiger partial charge in [-0.1, -0.05) is 42.5 Å². The number of amides is 1. The fourth-order valence-corrected chi connectivity index (χ4v) is 3.08. The van der Waals surface area contributed by atoms with Crippen molar-refractivity contribution in [3.63, 3.8) is 0 Å². The lowest BCUT2D eigenvalue weighted by Gasteiger charge is -2.25. The van der Waals surface area contributed by atoms with Crippen molar-refractivity contribution in [3.05, 3.63) is 71.3 Å². The molecule has 0 aromatic heterocycles. The maximum absolute atomic E-state index is 11.1. The molecule has 2 N–H and O–H groups in total. The summed E-state index contributed by atoms with van der Waals surface area (Å²) in [7, 11) is 0. The Hall–Kier alpha value is -2.13. The van der Waals surface area contributed by atoms with E-state index in [1.54, 1.807) is 0 Å². The number of rotatable bonds is 4. The number of carbonyl (C=O) groups is 1. The van der Waals surface area contributed by atoms with Crippen LogP contribution >= 0.6 is 0 Å². The van der Waals surface area contributed by atoms with E-state index in [4.69, 9.17) is 5.73 Å². The van der Waals surface area contributed by atoms with Crippen molar-refractivity contribution in [1.29, 1.82) is 0 Å². The van der Waals surface area contributed by atoms with Gasteiger partial charge in [0.05, 0.1) is 0 Å². The summed E-state index contributed by atoms with van der Waals surface area (Å²) in [6.07, 6.45) is 2.45. The molecule has 1 heterocycles. The van der Waals surface area contributed by atoms with Crippen LogP contribution in [0.1, 0.15) is 40.4 Å². The van der Waals surface area contributed by atoms with Crippen LogP contribution < -0.4 is 5.73 Å². The number of carbonyl (C=O) groups excluding carboxylic acids is 1. The van der Waals surface area contributed by atoms with Gasteiger partial charge in [-0.15, -0.1) is 0 Å². The number of hydrogen-bond donors (Lipinski definition) is 1. The standard InChI is InChI=1S/C18H20N2O/c19-18(21)16-10-8-14(9-11-16)13-20-12-4-7-17(20)15-5-2-1-3-6-15/h1-3,5-6,8-11,17H,4,7,12-13H2,(H2,19,21). The molecule has 0 spiro atoms. The first-order chi connectivity index (χ1) is 10.2. The molecule has 3 heteroatoms. The number of primary amides is 1. The molecule has 1 fully saturated rings. The van der Waals surface area contributed by atoms with Gasteiger partial charge in [0.25, 0.3) is 0 Å². The zero-order valence-corrected chi connectivity index (χ0v) is 12.0. The maximum Gasteiger partial charge on any atom is 0.248 e. The average molecular weight is 280 g/mol. The minimum atomic E-state index is -0.370. The number of nitrogens with zero attached hydrogens (tertiary/aromatic N) is 1. The highest BCUT2D eigenvalue weighted by molar-refractivity contribution is 5.92. The third-order valence-corrected chi connectivity index (χ3v) is 4.17. The molecule has 1 saturated heterocycles. The highest BCUT2D eigenvalue weighted by atomic mass is 16.1. The second-order valence-corrected chi connectivity index (χ2v) is 5.60. The molecule has 3 rings (SSSR count). The summed E-state index contributed by atoms with van der Waals surface area (Å²) < 4.78 is 0. The van der Waals surface area contributed by atoms with Gasteiger partial charge >= 0.3 is 0 Å². The third-order valence-electron chi connectivity index (χ3n) is 4.17. The SMILES string of the molecule is NC(=O)c1ccc(CN2CCCC2c2ccccc2)cc1. The average Bonchev–Trinajstić information content (AvgIpc) is 2.97. The number of nitrogens with two attached hydrogens (primary N) is 1. The maximum atomic E-state index is 11.1. The Morgan fingerprint density at radius 3 is 2.48 bits per heavy atom. The molecule has 1 aliphatic rings. The Balaban J connectivity index is 1.73. The van der Waals surface area contributed by atoms with E-state index in [1.807, 2.05) is 24.3 Å². The van der Waals surface area contributed by atoms with Gasteiger partial charge in [0.1, 0.15) is 0 Å². The molecule has 1 aliphatic heterocycles. The summed E-state index contributed by atoms with van der Waals surface area (Å²) in [5, 5.41) is 0. The molecule has 0 radical (unpaired) electrons. The van der Waals surface area contributed by atoms with E-state index in [1.165, 1.54) is 24.0 Å². The second-order valence-electron chi connectivity index (χ2n) is 5.60. The van der Waals surface area contributed by atoms with Gasteiger partial charge in [-0.25, -0.2) is 0 Å². The normalized spacial score (nSPS) is 18.8. The van der Waals surface area contributed by atoms with Gasteiger partial charge in [-0.3, -0.25) is 9.69 Å². The first-order valence-corrected chi connectivity index (χ1v) is 7.42. The van der Waals surface area contributed by atoms with Crippen molar-refractivity contribution in [2.45, 2.75) is 25.4 Å². The zero-order valence-electron chi connectivity index (χ0n) is 12.0. The van der Waals surface area contributed by atoms with Crippen LogP contribution in [-0.2, 0) is 6.54 Å². The summed E-state index contributed by atoms with van der Waals surface area (Å²) in [6, 6.07) is 18.8. The third kappa shape index (κ3) is 3.14. The van der Waals surface area contributed by atoms with E-state index in [2.05, 4.69) is 35.2 Å². The molecule has 1 amide bonds. The van der Waals surface area contributed by atoms with Crippen LogP contribution in [0.4, 0.5) is 0 Å². The van der Waals surface area contributed by atoms with Crippen molar-refractivity contribution in [2.75, 3.05) is 6.54 Å². The minimum absolute atomic E-state index is 0.370. The second kappa shape index (κ2) is 6.10. The fraction of sp³-hybridized carbons (Fsp3) is 0.278. The highest BCUT2D eigenvalue weighted by Gasteiger charge is 2.25. The molecule has 2 aromatic rings. The molecule has 0 saturated carbocycles. The van der Waals surface area contributed by atoms with Gasteiger partial charge in [0, 0.05) is 18.2 Å². The van der Waals surface area contributed by atoms with E-state index in [0.29, 0.717) is 11.6 Å². The topological polar surface area (TPSA) is 46.3 Å². The van der Waals surface area contributed by atoms with Gasteiger partial charge in [-0.05, 0) is 42.6 Å². The quantitative estimate of drug-likeness (QED) is 0.935. The predicted octanol–water partition coefficient (Wildman–Crippen LogP) is 3.12. The highest BCUT2D eigenvalue weighted by Crippen LogP contribution is 2.32. The van der Waals surface area contributed by atoms with E-state index >= 15 is 0 Å². The van der Waals surface area contributed by atoms with Crippen LogP contribution in [0.25, 0.3) is 0 Å². The summed E-state index contributed by atoms with van der Waals surface area (Å²) in [5.41, 5.74) is 8.46. The summed E-state index contributed by atoms with van der Waals surface area (Å²) in [5.74, 6) is -0.370. The molecule has 0 aliphatic carbocycles. The zero-order chi connectivity index (χ0) is 14.7. The predicted molar refractivity (Wildman–Crippen MR) is 83.8 cm³/mol. The van der Waals surface area contributed by atoms with E-state index in [-0.39, 0.29) is 5.91 Å². The fourth-order valence-electron chi connectivity index (χ4n) is 3.08. The van der Waals surface area contributed by atoms with E-state index < -0.39 is 0 Å². The smallest absolute Gasteiger partial charge is 0.248 e. The summed E-state index contributed by atoms with van der Waals surface area (Å²) in [6.45, 7) is 2.04. The van der Waals surface area contributed by atoms with Crippen LogP contribution in [0.5, 0.6) is 0 Å². The van der Waals surface area contributed by atoms with Crippen molar-refractivity contribution >= 4 is 5.91 Å². The molecule has 21 heavy (non-hydrogen) atoms. The Morgan fingerprint density at radius 1 is 1.10 bits per heavy atom. The Kier molecular flexibility index (Phi) is 4.02. The Morgan fingerprint density at radius 2 is 1.81 bits per heavy atom. The van der Waals surface area contributed by atoms with Crippen molar-refractivity contribution < 1.29 is 4.79 Å². The van der Waals surface area contributed by atoms with Crippen molar-refractivity contribution in [2.24, 2.45) is 5.73 Å². The van der Waals surface area contributed by atoms with Gasteiger partial charge in [0.2, 0.25) is 5.91 Å². The van der Waals surface area contributed by atoms with E-state index in [0.717, 1.165) is 13.1 Å². The lowest BCUT2D eigenvalue weighted by molar-refractivity contribution is 0.100. The van der Waals surface area contributed by atoms with Crippen molar-refractivity contribution in [3.8, 4) is 0 Å². The molecule has 1 unspecified atom stereocenters. The molecule has 0 bridgehead atoms. The molecular formula is C18H20N2O. The lowest BCUT2D eigenvalue weighted by Crippen LogP contribution is -2.22. The lowest BCUT2D eigenvalue weighted by atomic mass is 10.0. The van der Waals surface area contributed by atoms with E-state index in [9.17, 15) is 4.79 Å². The Labute approximate surface area is 125 Å². The van der Waals surface area contributed by atoms with Gasteiger partial charge in [-0.2, -0.15) is 0 Å². The van der Waals surface area contributed by atoms with Crippen LogP contribution in [0.3, 0.4) is 0 Å². The number of benzene rings is 2. The minimum Gasteiger partial charge on any atom is -0.366 e. The van der Waals surface area contributed by atoms with Crippen LogP contribution in [0.15, 0.2) is 54.6 Å². The Bertz CT molecular complexity index is 607. The van der Waals surface area contributed by atoms with Crippen LogP contribution in [0, 0.1) is 0 Å². The molecule has 3 nitrogen and oxygen atoms in total. The molecule has 108 valence electrons. The summed E-state index contributed by atoms with van der Waals surface area (Å²) in [4.78, 5) is 13.6. The monoisotopic (exact) mass is 280 g/mol. The van der Waals surface area contributed by atoms with Crippen LogP contribution in [-0.4, -0.2) is 17.4 Å². The number of hydrogen-bond acceptors (Lipinski definition) is 2. The molecular weight excluding hydrogens is 260 g/mol. The summed E-state index contributed by atoms with van der Waals surface area (Å²) >= 11 is 0. The first-order valence-electron chi connectivity index (χ1n) is 7.42. The molecule has 1 atom stereocenters. The van der Waals surface area contributed by atoms with Gasteiger partial charge < -0.3 is 5.73 Å². The van der Waals surface area contributed by atoms with Crippen molar-refractivity contribution in [1.82, 2.24) is 4.90 Å². The van der Waals surface area contributed by atoms with Crippen LogP contribution in [0.2, 0.25) is 0 Å².